The Morgan fingerprint density at radius 3 is 2.44 bits per heavy atom. The first-order valence-corrected chi connectivity index (χ1v) is 6.68. The molecule has 2 N–H and O–H groups in total. The van der Waals surface area contributed by atoms with Crippen molar-refractivity contribution in [3.63, 3.8) is 0 Å². The molecule has 0 fully saturated rings. The zero-order valence-corrected chi connectivity index (χ0v) is 13.1. The molecule has 0 saturated carbocycles. The van der Waals surface area contributed by atoms with Gasteiger partial charge in [-0.05, 0) is 54.4 Å². The molecule has 4 heteroatoms. The van der Waals surface area contributed by atoms with Crippen LogP contribution in [0, 0.1) is 6.92 Å². The second-order valence-electron chi connectivity index (χ2n) is 5.28. The summed E-state index contributed by atoms with van der Waals surface area (Å²) in [6.07, 6.45) is 0. The minimum Gasteiger partial charge on any atom is -0.497 e. The summed E-state index contributed by atoms with van der Waals surface area (Å²) in [7, 11) is 3.74. The predicted molar refractivity (Wildman–Crippen MR) is 79.1 cm³/mol. The lowest BCUT2D eigenvalue weighted by Crippen LogP contribution is -2.31. The van der Waals surface area contributed by atoms with Crippen molar-refractivity contribution in [1.82, 2.24) is 4.57 Å². The number of methoxy groups -OCH3 is 1. The zero-order valence-electron chi connectivity index (χ0n) is 11.5. The second-order valence-corrected chi connectivity index (χ2v) is 6.08. The van der Waals surface area contributed by atoms with E-state index < -0.39 is 5.54 Å². The van der Waals surface area contributed by atoms with E-state index in [1.807, 2.05) is 26.0 Å². The van der Waals surface area contributed by atoms with E-state index in [1.165, 1.54) is 11.1 Å². The van der Waals surface area contributed by atoms with Gasteiger partial charge in [0.15, 0.2) is 0 Å². The largest absolute Gasteiger partial charge is 0.497 e. The highest BCUT2D eigenvalue weighted by Crippen LogP contribution is 2.38. The average Bonchev–Trinajstić information content (AvgIpc) is 2.50. The number of nitrogens with two attached hydrogens (primary N) is 1. The number of aromatic nitrogens is 1. The maximum atomic E-state index is 6.26. The molecule has 1 aromatic heterocycles. The molecule has 0 saturated heterocycles. The SMILES string of the molecule is COc1cc(C)c2c(c1)c(Br)c(C(C)(C)N)n2C. The minimum atomic E-state index is -0.397. The van der Waals surface area contributed by atoms with Gasteiger partial charge in [-0.15, -0.1) is 0 Å². The van der Waals surface area contributed by atoms with Crippen molar-refractivity contribution in [3.05, 3.63) is 27.9 Å². The molecule has 18 heavy (non-hydrogen) atoms. The lowest BCUT2D eigenvalue weighted by atomic mass is 10.0. The summed E-state index contributed by atoms with van der Waals surface area (Å²) in [5, 5.41) is 1.14. The molecule has 0 aliphatic heterocycles. The van der Waals surface area contributed by atoms with Crippen LogP contribution < -0.4 is 10.5 Å². The third-order valence-electron chi connectivity index (χ3n) is 3.24. The molecule has 0 spiro atoms. The Bertz CT molecular complexity index is 609. The Labute approximate surface area is 116 Å². The Hall–Kier alpha value is -1.00. The fraction of sp³-hybridized carbons (Fsp3) is 0.429. The molecule has 2 aromatic rings. The summed E-state index contributed by atoms with van der Waals surface area (Å²) in [6.45, 7) is 6.11. The molecule has 0 bridgehead atoms. The zero-order chi connectivity index (χ0) is 13.7. The molecule has 0 unspecified atom stereocenters. The molecular formula is C14H19BrN2O. The van der Waals surface area contributed by atoms with Crippen LogP contribution in [0.15, 0.2) is 16.6 Å². The molecule has 0 atom stereocenters. The molecule has 2 rings (SSSR count). The Morgan fingerprint density at radius 1 is 1.33 bits per heavy atom. The van der Waals surface area contributed by atoms with Gasteiger partial charge in [0.1, 0.15) is 5.75 Å². The number of halogens is 1. The number of rotatable bonds is 2. The lowest BCUT2D eigenvalue weighted by molar-refractivity contribution is 0.415. The molecule has 1 aromatic carbocycles. The third kappa shape index (κ3) is 1.93. The summed E-state index contributed by atoms with van der Waals surface area (Å²) in [4.78, 5) is 0. The van der Waals surface area contributed by atoms with Gasteiger partial charge in [-0.1, -0.05) is 0 Å². The van der Waals surface area contributed by atoms with Crippen LogP contribution in [0.2, 0.25) is 0 Å². The standard InChI is InChI=1S/C14H19BrN2O/c1-8-6-9(18-5)7-10-11(15)13(14(2,3)16)17(4)12(8)10/h6-7H,16H2,1-5H3. The maximum absolute atomic E-state index is 6.26. The van der Waals surface area contributed by atoms with Gasteiger partial charge in [-0.3, -0.25) is 0 Å². The first kappa shape index (κ1) is 13.4. The van der Waals surface area contributed by atoms with E-state index in [4.69, 9.17) is 10.5 Å². The van der Waals surface area contributed by atoms with Gasteiger partial charge < -0.3 is 15.0 Å². The van der Waals surface area contributed by atoms with E-state index in [0.717, 1.165) is 21.3 Å². The van der Waals surface area contributed by atoms with Crippen LogP contribution in [0.5, 0.6) is 5.75 Å². The number of fused-ring (bicyclic) bond motifs is 1. The Kier molecular flexibility index (Phi) is 3.19. The average molecular weight is 311 g/mol. The smallest absolute Gasteiger partial charge is 0.119 e. The molecule has 0 aliphatic carbocycles. The van der Waals surface area contributed by atoms with Gasteiger partial charge in [-0.25, -0.2) is 0 Å². The van der Waals surface area contributed by atoms with Crippen molar-refractivity contribution in [2.45, 2.75) is 26.3 Å². The quantitative estimate of drug-likeness (QED) is 0.923. The highest BCUT2D eigenvalue weighted by atomic mass is 79.9. The second kappa shape index (κ2) is 4.28. The van der Waals surface area contributed by atoms with E-state index in [9.17, 15) is 0 Å². The summed E-state index contributed by atoms with van der Waals surface area (Å²) >= 11 is 3.68. The molecule has 0 amide bonds. The van der Waals surface area contributed by atoms with Gasteiger partial charge in [0.05, 0.1) is 23.9 Å². The van der Waals surface area contributed by atoms with E-state index in [2.05, 4.69) is 34.5 Å². The molecule has 0 radical (unpaired) electrons. The molecule has 98 valence electrons. The van der Waals surface area contributed by atoms with Crippen LogP contribution in [0.1, 0.15) is 25.1 Å². The number of nitrogens with zero attached hydrogens (tertiary/aromatic N) is 1. The van der Waals surface area contributed by atoms with Crippen molar-refractivity contribution in [1.29, 1.82) is 0 Å². The van der Waals surface area contributed by atoms with Gasteiger partial charge in [0.25, 0.3) is 0 Å². The van der Waals surface area contributed by atoms with Crippen LogP contribution in [-0.4, -0.2) is 11.7 Å². The van der Waals surface area contributed by atoms with Crippen LogP contribution in [0.4, 0.5) is 0 Å². The Morgan fingerprint density at radius 2 is 1.94 bits per heavy atom. The molecule has 1 heterocycles. The number of benzene rings is 1. The highest BCUT2D eigenvalue weighted by molar-refractivity contribution is 9.10. The maximum Gasteiger partial charge on any atom is 0.119 e. The van der Waals surface area contributed by atoms with E-state index in [-0.39, 0.29) is 0 Å². The summed E-state index contributed by atoms with van der Waals surface area (Å²) in [5.41, 5.74) is 9.33. The van der Waals surface area contributed by atoms with Gasteiger partial charge >= 0.3 is 0 Å². The van der Waals surface area contributed by atoms with Crippen LogP contribution in [0.3, 0.4) is 0 Å². The van der Waals surface area contributed by atoms with Crippen molar-refractivity contribution >= 4 is 26.8 Å². The van der Waals surface area contributed by atoms with Crippen LogP contribution in [0.25, 0.3) is 10.9 Å². The monoisotopic (exact) mass is 310 g/mol. The number of hydrogen-bond donors (Lipinski definition) is 1. The third-order valence-corrected chi connectivity index (χ3v) is 4.04. The van der Waals surface area contributed by atoms with E-state index in [0.29, 0.717) is 0 Å². The fourth-order valence-electron chi connectivity index (χ4n) is 2.58. The normalized spacial score (nSPS) is 12.2. The number of hydrogen-bond acceptors (Lipinski definition) is 2. The van der Waals surface area contributed by atoms with Crippen LogP contribution >= 0.6 is 15.9 Å². The fourth-order valence-corrected chi connectivity index (χ4v) is 3.66. The van der Waals surface area contributed by atoms with Crippen molar-refractivity contribution < 1.29 is 4.74 Å². The van der Waals surface area contributed by atoms with Crippen molar-refractivity contribution in [2.75, 3.05) is 7.11 Å². The highest BCUT2D eigenvalue weighted by Gasteiger charge is 2.25. The van der Waals surface area contributed by atoms with Gasteiger partial charge in [0, 0.05) is 16.9 Å². The van der Waals surface area contributed by atoms with E-state index >= 15 is 0 Å². The van der Waals surface area contributed by atoms with Crippen LogP contribution in [-0.2, 0) is 12.6 Å². The predicted octanol–water partition coefficient (Wildman–Crippen LogP) is 3.45. The molecular weight excluding hydrogens is 292 g/mol. The molecule has 0 aliphatic rings. The van der Waals surface area contributed by atoms with Gasteiger partial charge in [-0.2, -0.15) is 0 Å². The Balaban J connectivity index is 2.90. The van der Waals surface area contributed by atoms with E-state index in [1.54, 1.807) is 7.11 Å². The first-order valence-electron chi connectivity index (χ1n) is 5.89. The van der Waals surface area contributed by atoms with Gasteiger partial charge in [0.2, 0.25) is 0 Å². The first-order chi connectivity index (χ1) is 8.27. The lowest BCUT2D eigenvalue weighted by Gasteiger charge is -2.21. The van der Waals surface area contributed by atoms with Crippen molar-refractivity contribution in [3.8, 4) is 5.75 Å². The summed E-state index contributed by atoms with van der Waals surface area (Å²) < 4.78 is 8.54. The number of ether oxygens (including phenoxy) is 1. The summed E-state index contributed by atoms with van der Waals surface area (Å²) in [5.74, 6) is 0.868. The topological polar surface area (TPSA) is 40.2 Å². The number of aryl methyl sites for hydroxylation is 2. The minimum absolute atomic E-state index is 0.397. The summed E-state index contributed by atoms with van der Waals surface area (Å²) in [6, 6.07) is 4.09. The molecule has 3 nitrogen and oxygen atoms in total. The van der Waals surface area contributed by atoms with Crippen molar-refractivity contribution in [2.24, 2.45) is 12.8 Å².